The molecule has 0 saturated heterocycles. The van der Waals surface area contributed by atoms with Gasteiger partial charge >= 0.3 is 11.9 Å². The molecule has 0 bridgehead atoms. The van der Waals surface area contributed by atoms with Crippen LogP contribution in [0.1, 0.15) is 26.3 Å². The molecule has 7 nitrogen and oxygen atoms in total. The Kier molecular flexibility index (Phi) is 7.54. The van der Waals surface area contributed by atoms with E-state index in [1.54, 1.807) is 24.1 Å². The van der Waals surface area contributed by atoms with Crippen LogP contribution >= 0.6 is 11.6 Å². The van der Waals surface area contributed by atoms with E-state index in [0.29, 0.717) is 11.6 Å². The van der Waals surface area contributed by atoms with E-state index in [9.17, 15) is 14.4 Å². The molecule has 0 atom stereocenters. The van der Waals surface area contributed by atoms with Crippen molar-refractivity contribution in [3.63, 3.8) is 0 Å². The fourth-order valence-electron chi connectivity index (χ4n) is 2.57. The first-order valence-corrected chi connectivity index (χ1v) is 8.75. The molecule has 0 radical (unpaired) electrons. The Hall–Kier alpha value is -2.90. The van der Waals surface area contributed by atoms with Gasteiger partial charge in [0.25, 0.3) is 0 Å². The highest BCUT2D eigenvalue weighted by Crippen LogP contribution is 2.20. The predicted octanol–water partition coefficient (Wildman–Crippen LogP) is 2.98. The Labute approximate surface area is 168 Å². The lowest BCUT2D eigenvalue weighted by Crippen LogP contribution is -2.30. The van der Waals surface area contributed by atoms with E-state index in [-0.39, 0.29) is 29.3 Å². The van der Waals surface area contributed by atoms with Gasteiger partial charge in [-0.25, -0.2) is 9.59 Å². The first-order valence-electron chi connectivity index (χ1n) is 8.37. The molecule has 1 N–H and O–H groups in total. The van der Waals surface area contributed by atoms with Crippen LogP contribution < -0.4 is 5.32 Å². The monoisotopic (exact) mass is 404 g/mol. The molecule has 0 unspecified atom stereocenters. The van der Waals surface area contributed by atoms with E-state index in [2.05, 4.69) is 10.1 Å². The Bertz CT molecular complexity index is 867. The number of rotatable bonds is 7. The molecule has 0 aromatic heterocycles. The van der Waals surface area contributed by atoms with Crippen LogP contribution in [0.4, 0.5) is 5.69 Å². The Morgan fingerprint density at radius 2 is 1.64 bits per heavy atom. The van der Waals surface area contributed by atoms with Crippen LogP contribution in [0, 0.1) is 0 Å². The summed E-state index contributed by atoms with van der Waals surface area (Å²) in [6, 6.07) is 11.6. The average molecular weight is 405 g/mol. The van der Waals surface area contributed by atoms with E-state index in [4.69, 9.17) is 16.3 Å². The predicted molar refractivity (Wildman–Crippen MR) is 106 cm³/mol. The number of hydrogen-bond donors (Lipinski definition) is 1. The molecule has 28 heavy (non-hydrogen) atoms. The van der Waals surface area contributed by atoms with Crippen LogP contribution in [0.3, 0.4) is 0 Å². The molecule has 2 aromatic carbocycles. The summed E-state index contributed by atoms with van der Waals surface area (Å²) in [5, 5.41) is 3.30. The zero-order valence-corrected chi connectivity index (χ0v) is 16.6. The normalized spacial score (nSPS) is 10.5. The van der Waals surface area contributed by atoms with Gasteiger partial charge in [-0.05, 0) is 42.9 Å². The molecule has 0 fully saturated rings. The molecule has 0 heterocycles. The maximum atomic E-state index is 12.4. The minimum Gasteiger partial charge on any atom is -0.465 e. The first-order chi connectivity index (χ1) is 13.3. The molecule has 148 valence electrons. The van der Waals surface area contributed by atoms with Crippen LogP contribution in [0.5, 0.6) is 0 Å². The van der Waals surface area contributed by atoms with Crippen molar-refractivity contribution in [2.75, 3.05) is 33.1 Å². The highest BCUT2D eigenvalue weighted by atomic mass is 35.5. The number of hydrogen-bond acceptors (Lipinski definition) is 6. The maximum absolute atomic E-state index is 12.4. The summed E-state index contributed by atoms with van der Waals surface area (Å²) >= 11 is 5.87. The quantitative estimate of drug-likeness (QED) is 0.714. The summed E-state index contributed by atoms with van der Waals surface area (Å²) < 4.78 is 9.40. The SMILES string of the molecule is COC(=O)c1ccc(C(=O)OC)c(NC(=O)CN(C)Cc2ccc(Cl)cc2)c1. The van der Waals surface area contributed by atoms with Crippen LogP contribution in [-0.4, -0.2) is 50.6 Å². The molecule has 0 aliphatic heterocycles. The number of nitrogens with zero attached hydrogens (tertiary/aromatic N) is 1. The van der Waals surface area contributed by atoms with Crippen molar-refractivity contribution in [3.8, 4) is 0 Å². The maximum Gasteiger partial charge on any atom is 0.339 e. The van der Waals surface area contributed by atoms with Gasteiger partial charge in [0.15, 0.2) is 0 Å². The molecular weight excluding hydrogens is 384 g/mol. The van der Waals surface area contributed by atoms with E-state index in [1.165, 1.54) is 32.4 Å². The number of anilines is 1. The molecule has 8 heteroatoms. The lowest BCUT2D eigenvalue weighted by atomic mass is 10.1. The Balaban J connectivity index is 2.11. The molecule has 1 amide bonds. The minimum absolute atomic E-state index is 0.0751. The fraction of sp³-hybridized carbons (Fsp3) is 0.250. The summed E-state index contributed by atoms with van der Waals surface area (Å²) in [5.74, 6) is -1.54. The minimum atomic E-state index is -0.624. The van der Waals surface area contributed by atoms with Crippen LogP contribution in [-0.2, 0) is 20.8 Å². The van der Waals surface area contributed by atoms with Gasteiger partial charge in [-0.15, -0.1) is 0 Å². The van der Waals surface area contributed by atoms with Gasteiger partial charge in [-0.2, -0.15) is 0 Å². The van der Waals surface area contributed by atoms with Crippen molar-refractivity contribution < 1.29 is 23.9 Å². The Morgan fingerprint density at radius 1 is 1.00 bits per heavy atom. The van der Waals surface area contributed by atoms with Crippen molar-refractivity contribution in [2.45, 2.75) is 6.54 Å². The van der Waals surface area contributed by atoms with E-state index in [0.717, 1.165) is 5.56 Å². The first kappa shape index (κ1) is 21.4. The molecule has 0 aliphatic rings. The third-order valence-corrected chi connectivity index (χ3v) is 4.15. The van der Waals surface area contributed by atoms with E-state index in [1.807, 2.05) is 12.1 Å². The molecular formula is C20H21ClN2O5. The average Bonchev–Trinajstić information content (AvgIpc) is 2.68. The summed E-state index contributed by atoms with van der Waals surface area (Å²) in [6.45, 7) is 0.613. The second kappa shape index (κ2) is 9.87. The van der Waals surface area contributed by atoms with Crippen molar-refractivity contribution in [1.82, 2.24) is 4.90 Å². The van der Waals surface area contributed by atoms with Gasteiger partial charge in [-0.3, -0.25) is 9.69 Å². The van der Waals surface area contributed by atoms with Crippen LogP contribution in [0.15, 0.2) is 42.5 Å². The second-order valence-corrected chi connectivity index (χ2v) is 6.53. The molecule has 2 rings (SSSR count). The van der Waals surface area contributed by atoms with Crippen LogP contribution in [0.25, 0.3) is 0 Å². The van der Waals surface area contributed by atoms with Crippen molar-refractivity contribution in [3.05, 3.63) is 64.2 Å². The number of amides is 1. The summed E-state index contributed by atoms with van der Waals surface area (Å²) in [5.41, 5.74) is 1.53. The number of ether oxygens (including phenoxy) is 2. The number of carbonyl (C=O) groups is 3. The number of halogens is 1. The third kappa shape index (κ3) is 5.80. The number of benzene rings is 2. The van der Waals surface area contributed by atoms with Gasteiger partial charge < -0.3 is 14.8 Å². The number of nitrogens with one attached hydrogen (secondary N) is 1. The lowest BCUT2D eigenvalue weighted by Gasteiger charge is -2.17. The second-order valence-electron chi connectivity index (χ2n) is 6.09. The number of likely N-dealkylation sites (N-methyl/N-ethyl adjacent to an activating group) is 1. The highest BCUT2D eigenvalue weighted by Gasteiger charge is 2.18. The van der Waals surface area contributed by atoms with Crippen LogP contribution in [0.2, 0.25) is 5.02 Å². The lowest BCUT2D eigenvalue weighted by molar-refractivity contribution is -0.117. The molecule has 0 spiro atoms. The fourth-order valence-corrected chi connectivity index (χ4v) is 2.70. The van der Waals surface area contributed by atoms with E-state index >= 15 is 0 Å². The smallest absolute Gasteiger partial charge is 0.339 e. The number of carbonyl (C=O) groups excluding carboxylic acids is 3. The van der Waals surface area contributed by atoms with Gasteiger partial charge in [0, 0.05) is 11.6 Å². The zero-order valence-electron chi connectivity index (χ0n) is 15.8. The molecule has 0 saturated carbocycles. The largest absolute Gasteiger partial charge is 0.465 e. The molecule has 0 aliphatic carbocycles. The third-order valence-electron chi connectivity index (χ3n) is 3.90. The van der Waals surface area contributed by atoms with Gasteiger partial charge in [0.05, 0.1) is 37.6 Å². The van der Waals surface area contributed by atoms with Gasteiger partial charge in [-0.1, -0.05) is 23.7 Å². The highest BCUT2D eigenvalue weighted by molar-refractivity contribution is 6.30. The van der Waals surface area contributed by atoms with Crippen molar-refractivity contribution in [2.24, 2.45) is 0 Å². The molecule has 2 aromatic rings. The number of methoxy groups -OCH3 is 2. The van der Waals surface area contributed by atoms with Gasteiger partial charge in [0.2, 0.25) is 5.91 Å². The van der Waals surface area contributed by atoms with Crippen molar-refractivity contribution in [1.29, 1.82) is 0 Å². The summed E-state index contributed by atoms with van der Waals surface area (Å²) in [7, 11) is 4.28. The zero-order chi connectivity index (χ0) is 20.7. The van der Waals surface area contributed by atoms with Gasteiger partial charge in [0.1, 0.15) is 0 Å². The summed E-state index contributed by atoms with van der Waals surface area (Å²) in [4.78, 5) is 37.9. The topological polar surface area (TPSA) is 84.9 Å². The van der Waals surface area contributed by atoms with E-state index < -0.39 is 11.9 Å². The standard InChI is InChI=1S/C20H21ClN2O5/c1-23(11-13-4-7-15(21)8-5-13)12-18(24)22-17-10-14(19(25)27-2)6-9-16(17)20(26)28-3/h4-10H,11-12H2,1-3H3,(H,22,24). The number of esters is 2. The summed E-state index contributed by atoms with van der Waals surface area (Å²) in [6.07, 6.45) is 0. The Morgan fingerprint density at radius 3 is 2.25 bits per heavy atom. The van der Waals surface area contributed by atoms with Crippen molar-refractivity contribution >= 4 is 35.1 Å².